The molecule has 0 saturated carbocycles. The fourth-order valence-corrected chi connectivity index (χ4v) is 4.37. The summed E-state index contributed by atoms with van der Waals surface area (Å²) in [5.74, 6) is 0.356. The highest BCUT2D eigenvalue weighted by Crippen LogP contribution is 2.30. The van der Waals surface area contributed by atoms with Crippen LogP contribution in [0.25, 0.3) is 0 Å². The second kappa shape index (κ2) is 8.62. The van der Waals surface area contributed by atoms with Crippen LogP contribution in [-0.4, -0.2) is 35.1 Å². The lowest BCUT2D eigenvalue weighted by atomic mass is 9.88. The molecule has 0 aliphatic heterocycles. The van der Waals surface area contributed by atoms with Crippen molar-refractivity contribution in [2.24, 2.45) is 0 Å². The Hall–Kier alpha value is -2.58. The van der Waals surface area contributed by atoms with Crippen molar-refractivity contribution in [3.63, 3.8) is 0 Å². The van der Waals surface area contributed by atoms with Crippen molar-refractivity contribution in [3.8, 4) is 11.5 Å². The van der Waals surface area contributed by atoms with Gasteiger partial charge in [0.1, 0.15) is 0 Å². The lowest BCUT2D eigenvalue weighted by Crippen LogP contribution is -2.39. The molecular formula is C20H24N2O5S. The van der Waals surface area contributed by atoms with Crippen LogP contribution in [-0.2, 0) is 21.2 Å². The smallest absolute Gasteiger partial charge is 0.241 e. The molecule has 0 spiro atoms. The number of methoxy groups -OCH3 is 2. The molecule has 0 bridgehead atoms. The van der Waals surface area contributed by atoms with Crippen molar-refractivity contribution in [3.05, 3.63) is 53.6 Å². The molecule has 8 heteroatoms. The van der Waals surface area contributed by atoms with Gasteiger partial charge in [-0.05, 0) is 42.5 Å². The van der Waals surface area contributed by atoms with Crippen LogP contribution in [0.3, 0.4) is 0 Å². The normalized spacial score (nSPS) is 16.1. The number of carbonyl (C=O) groups is 1. The number of aryl methyl sites for hydroxylation is 1. The van der Waals surface area contributed by atoms with Crippen molar-refractivity contribution in [2.45, 2.75) is 30.2 Å². The Morgan fingerprint density at radius 3 is 2.61 bits per heavy atom. The summed E-state index contributed by atoms with van der Waals surface area (Å²) in [7, 11) is -0.963. The van der Waals surface area contributed by atoms with Gasteiger partial charge in [0.25, 0.3) is 0 Å². The molecule has 0 radical (unpaired) electrons. The Kier molecular flexibility index (Phi) is 6.21. The average Bonchev–Trinajstić information content (AvgIpc) is 2.72. The van der Waals surface area contributed by atoms with Crippen molar-refractivity contribution in [1.29, 1.82) is 0 Å². The van der Waals surface area contributed by atoms with Gasteiger partial charge in [0.2, 0.25) is 15.9 Å². The molecule has 0 aromatic heterocycles. The Balaban J connectivity index is 1.64. The number of hydrogen-bond acceptors (Lipinski definition) is 5. The van der Waals surface area contributed by atoms with Crippen LogP contribution in [0.5, 0.6) is 11.5 Å². The summed E-state index contributed by atoms with van der Waals surface area (Å²) in [6.45, 7) is -0.338. The molecule has 28 heavy (non-hydrogen) atoms. The van der Waals surface area contributed by atoms with Gasteiger partial charge in [-0.25, -0.2) is 13.1 Å². The maximum absolute atomic E-state index is 12.5. The number of hydrogen-bond donors (Lipinski definition) is 2. The monoisotopic (exact) mass is 404 g/mol. The second-order valence-electron chi connectivity index (χ2n) is 6.55. The molecule has 2 N–H and O–H groups in total. The number of fused-ring (bicyclic) bond motifs is 1. The van der Waals surface area contributed by atoms with E-state index in [-0.39, 0.29) is 23.4 Å². The maximum atomic E-state index is 12.5. The highest BCUT2D eigenvalue weighted by atomic mass is 32.2. The first-order valence-corrected chi connectivity index (χ1v) is 10.5. The predicted octanol–water partition coefficient (Wildman–Crippen LogP) is 2.18. The molecule has 150 valence electrons. The molecule has 0 heterocycles. The van der Waals surface area contributed by atoms with Gasteiger partial charge in [-0.2, -0.15) is 0 Å². The third-order valence-electron chi connectivity index (χ3n) is 4.79. The van der Waals surface area contributed by atoms with Gasteiger partial charge in [-0.3, -0.25) is 4.79 Å². The van der Waals surface area contributed by atoms with E-state index >= 15 is 0 Å². The Morgan fingerprint density at radius 2 is 1.86 bits per heavy atom. The van der Waals surface area contributed by atoms with Gasteiger partial charge < -0.3 is 14.8 Å². The number of benzene rings is 2. The van der Waals surface area contributed by atoms with Crippen molar-refractivity contribution in [1.82, 2.24) is 10.0 Å². The fraction of sp³-hybridized carbons (Fsp3) is 0.350. The van der Waals surface area contributed by atoms with E-state index in [2.05, 4.69) is 16.1 Å². The van der Waals surface area contributed by atoms with E-state index in [1.165, 1.54) is 38.0 Å². The van der Waals surface area contributed by atoms with Gasteiger partial charge in [-0.1, -0.05) is 24.3 Å². The standard InChI is InChI=1S/C20H24N2O5S/c1-26-18-11-10-15(12-19(18)27-2)28(24,25)21-13-20(23)22-17-9-5-7-14-6-3-4-8-16(14)17/h3-4,6,8,10-12,17,21H,5,7,9,13H2,1-2H3,(H,22,23)/t17-/m0/s1. The van der Waals surface area contributed by atoms with Crippen LogP contribution < -0.4 is 19.5 Å². The first kappa shape index (κ1) is 20.2. The lowest BCUT2D eigenvalue weighted by Gasteiger charge is -2.26. The van der Waals surface area contributed by atoms with Crippen LogP contribution in [0, 0.1) is 0 Å². The van der Waals surface area contributed by atoms with Crippen LogP contribution in [0.1, 0.15) is 30.0 Å². The quantitative estimate of drug-likeness (QED) is 0.738. The minimum Gasteiger partial charge on any atom is -0.493 e. The molecule has 1 amide bonds. The Labute approximate surface area is 165 Å². The number of rotatable bonds is 7. The number of amides is 1. The van der Waals surface area contributed by atoms with E-state index in [1.54, 1.807) is 0 Å². The summed E-state index contributed by atoms with van der Waals surface area (Å²) in [6, 6.07) is 12.2. The summed E-state index contributed by atoms with van der Waals surface area (Å²) in [5, 5.41) is 2.93. The summed E-state index contributed by atoms with van der Waals surface area (Å²) in [4.78, 5) is 12.3. The summed E-state index contributed by atoms with van der Waals surface area (Å²) >= 11 is 0. The van der Waals surface area contributed by atoms with E-state index in [1.807, 2.05) is 18.2 Å². The first-order valence-electron chi connectivity index (χ1n) is 9.03. The lowest BCUT2D eigenvalue weighted by molar-refractivity contribution is -0.120. The summed E-state index contributed by atoms with van der Waals surface area (Å²) in [5.41, 5.74) is 2.33. The van der Waals surface area contributed by atoms with E-state index < -0.39 is 10.0 Å². The molecule has 3 rings (SSSR count). The van der Waals surface area contributed by atoms with E-state index in [9.17, 15) is 13.2 Å². The van der Waals surface area contributed by atoms with Crippen LogP contribution in [0.2, 0.25) is 0 Å². The van der Waals surface area contributed by atoms with E-state index in [0.29, 0.717) is 11.5 Å². The topological polar surface area (TPSA) is 93.7 Å². The third-order valence-corrected chi connectivity index (χ3v) is 6.19. The molecule has 0 saturated heterocycles. The molecular weight excluding hydrogens is 380 g/mol. The van der Waals surface area contributed by atoms with Crippen LogP contribution in [0.15, 0.2) is 47.4 Å². The number of sulfonamides is 1. The summed E-state index contributed by atoms with van der Waals surface area (Å²) < 4.78 is 37.6. The zero-order valence-electron chi connectivity index (χ0n) is 15.9. The van der Waals surface area contributed by atoms with Gasteiger partial charge in [0, 0.05) is 6.07 Å². The van der Waals surface area contributed by atoms with Crippen LogP contribution >= 0.6 is 0 Å². The van der Waals surface area contributed by atoms with Crippen molar-refractivity contribution < 1.29 is 22.7 Å². The van der Waals surface area contributed by atoms with E-state index in [0.717, 1.165) is 24.8 Å². The molecule has 0 unspecified atom stereocenters. The van der Waals surface area contributed by atoms with Crippen molar-refractivity contribution in [2.75, 3.05) is 20.8 Å². The molecule has 1 atom stereocenters. The highest BCUT2D eigenvalue weighted by molar-refractivity contribution is 7.89. The molecule has 2 aromatic carbocycles. The van der Waals surface area contributed by atoms with Gasteiger partial charge in [-0.15, -0.1) is 0 Å². The highest BCUT2D eigenvalue weighted by Gasteiger charge is 2.23. The molecule has 0 fully saturated rings. The number of nitrogens with one attached hydrogen (secondary N) is 2. The molecule has 7 nitrogen and oxygen atoms in total. The fourth-order valence-electron chi connectivity index (χ4n) is 3.38. The zero-order chi connectivity index (χ0) is 20.1. The van der Waals surface area contributed by atoms with Crippen LogP contribution in [0.4, 0.5) is 0 Å². The molecule has 2 aromatic rings. The second-order valence-corrected chi connectivity index (χ2v) is 8.32. The maximum Gasteiger partial charge on any atom is 0.241 e. The zero-order valence-corrected chi connectivity index (χ0v) is 16.7. The number of carbonyl (C=O) groups excluding carboxylic acids is 1. The first-order chi connectivity index (χ1) is 13.4. The van der Waals surface area contributed by atoms with E-state index in [4.69, 9.17) is 9.47 Å². The largest absolute Gasteiger partial charge is 0.493 e. The molecule has 1 aliphatic rings. The summed E-state index contributed by atoms with van der Waals surface area (Å²) in [6.07, 6.45) is 2.82. The predicted molar refractivity (Wildman–Crippen MR) is 105 cm³/mol. The average molecular weight is 404 g/mol. The van der Waals surface area contributed by atoms with Gasteiger partial charge in [0.05, 0.1) is 31.7 Å². The SMILES string of the molecule is COc1ccc(S(=O)(=O)NCC(=O)N[C@H]2CCCc3ccccc32)cc1OC. The Bertz CT molecular complexity index is 959. The minimum atomic E-state index is -3.86. The number of ether oxygens (including phenoxy) is 2. The third kappa shape index (κ3) is 4.45. The Morgan fingerprint density at radius 1 is 1.11 bits per heavy atom. The molecule has 1 aliphatic carbocycles. The minimum absolute atomic E-state index is 0.000891. The van der Waals surface area contributed by atoms with Gasteiger partial charge >= 0.3 is 0 Å². The van der Waals surface area contributed by atoms with Gasteiger partial charge in [0.15, 0.2) is 11.5 Å². The van der Waals surface area contributed by atoms with Crippen molar-refractivity contribution >= 4 is 15.9 Å².